The van der Waals surface area contributed by atoms with Gasteiger partial charge in [-0.2, -0.15) is 0 Å². The lowest BCUT2D eigenvalue weighted by molar-refractivity contribution is -0.146. The van der Waals surface area contributed by atoms with Gasteiger partial charge in [0.05, 0.1) is 6.54 Å². The molecule has 5 fully saturated rings. The van der Waals surface area contributed by atoms with E-state index in [0.717, 1.165) is 37.9 Å². The number of hydrogen-bond acceptors (Lipinski definition) is 3. The molecule has 1 aromatic carbocycles. The van der Waals surface area contributed by atoms with Crippen LogP contribution in [-0.2, 0) is 14.4 Å². The maximum atomic E-state index is 13.0. The fourth-order valence-corrected chi connectivity index (χ4v) is 6.61. The summed E-state index contributed by atoms with van der Waals surface area (Å²) >= 11 is 0. The van der Waals surface area contributed by atoms with Crippen LogP contribution in [0, 0.1) is 23.2 Å². The predicted octanol–water partition coefficient (Wildman–Crippen LogP) is 3.08. The molecule has 0 spiro atoms. The second-order valence-electron chi connectivity index (χ2n) is 9.63. The Bertz CT molecular complexity index is 814. The van der Waals surface area contributed by atoms with Crippen molar-refractivity contribution >= 4 is 29.1 Å². The van der Waals surface area contributed by atoms with Gasteiger partial charge >= 0.3 is 0 Å². The Hall–Kier alpha value is -2.37. The molecule has 0 atom stereocenters. The summed E-state index contributed by atoms with van der Waals surface area (Å²) in [4.78, 5) is 39.1. The monoisotopic (exact) mass is 395 g/mol. The van der Waals surface area contributed by atoms with Crippen LogP contribution in [0.4, 0.5) is 11.4 Å². The molecule has 6 rings (SSSR count). The third kappa shape index (κ3) is 3.53. The van der Waals surface area contributed by atoms with Crippen molar-refractivity contribution in [2.45, 2.75) is 51.4 Å². The van der Waals surface area contributed by atoms with Gasteiger partial charge in [-0.15, -0.1) is 0 Å². The molecule has 0 radical (unpaired) electrons. The van der Waals surface area contributed by atoms with Gasteiger partial charge < -0.3 is 15.5 Å². The molecule has 1 heterocycles. The number of benzene rings is 1. The average molecular weight is 396 g/mol. The van der Waals surface area contributed by atoms with Crippen molar-refractivity contribution in [1.82, 2.24) is 5.32 Å². The van der Waals surface area contributed by atoms with Gasteiger partial charge in [-0.25, -0.2) is 0 Å². The van der Waals surface area contributed by atoms with Crippen molar-refractivity contribution in [3.05, 3.63) is 24.3 Å². The van der Waals surface area contributed by atoms with Crippen molar-refractivity contribution in [3.63, 3.8) is 0 Å². The number of rotatable bonds is 5. The van der Waals surface area contributed by atoms with Gasteiger partial charge in [0.15, 0.2) is 0 Å². The van der Waals surface area contributed by atoms with E-state index in [1.54, 1.807) is 4.90 Å². The molecule has 5 aliphatic rings. The van der Waals surface area contributed by atoms with Crippen LogP contribution in [0.25, 0.3) is 0 Å². The molecule has 154 valence electrons. The third-order valence-electron chi connectivity index (χ3n) is 7.44. The zero-order valence-corrected chi connectivity index (χ0v) is 16.8. The SMILES string of the molecule is O=C(CNC(=O)C12CC3CC(CC(C3)C1)C2)Nc1cccc(N2CCCC2=O)c1. The van der Waals surface area contributed by atoms with E-state index in [0.29, 0.717) is 29.9 Å². The average Bonchev–Trinajstić information content (AvgIpc) is 3.11. The Morgan fingerprint density at radius 2 is 1.76 bits per heavy atom. The van der Waals surface area contributed by atoms with Crippen LogP contribution in [-0.4, -0.2) is 30.8 Å². The Labute approximate surface area is 171 Å². The highest BCUT2D eigenvalue weighted by Gasteiger charge is 2.54. The lowest BCUT2D eigenvalue weighted by Crippen LogP contribution is -2.54. The van der Waals surface area contributed by atoms with Gasteiger partial charge in [-0.05, 0) is 80.9 Å². The topological polar surface area (TPSA) is 78.5 Å². The van der Waals surface area contributed by atoms with Crippen LogP contribution >= 0.6 is 0 Å². The molecule has 4 bridgehead atoms. The summed E-state index contributed by atoms with van der Waals surface area (Å²) in [7, 11) is 0. The molecule has 29 heavy (non-hydrogen) atoms. The summed E-state index contributed by atoms with van der Waals surface area (Å²) in [5.74, 6) is 2.08. The number of amides is 3. The molecule has 1 aromatic rings. The van der Waals surface area contributed by atoms with E-state index in [1.165, 1.54) is 19.3 Å². The molecule has 0 aromatic heterocycles. The van der Waals surface area contributed by atoms with E-state index in [9.17, 15) is 14.4 Å². The smallest absolute Gasteiger partial charge is 0.243 e. The fourth-order valence-electron chi connectivity index (χ4n) is 6.61. The standard InChI is InChI=1S/C23H29N3O3/c27-20(25-18-3-1-4-19(10-18)26-6-2-5-21(26)28)14-24-22(29)23-11-15-7-16(12-23)9-17(8-15)13-23/h1,3-4,10,15-17H,2,5-9,11-14H2,(H,24,29)(H,25,27). The number of carbonyl (C=O) groups excluding carboxylic acids is 3. The van der Waals surface area contributed by atoms with Gasteiger partial charge in [0.1, 0.15) is 0 Å². The van der Waals surface area contributed by atoms with E-state index in [1.807, 2.05) is 24.3 Å². The van der Waals surface area contributed by atoms with Crippen molar-refractivity contribution < 1.29 is 14.4 Å². The predicted molar refractivity (Wildman–Crippen MR) is 110 cm³/mol. The summed E-state index contributed by atoms with van der Waals surface area (Å²) in [6.45, 7) is 0.713. The maximum absolute atomic E-state index is 13.0. The Kier molecular flexibility index (Phi) is 4.60. The quantitative estimate of drug-likeness (QED) is 0.804. The Balaban J connectivity index is 1.18. The summed E-state index contributed by atoms with van der Waals surface area (Å²) in [5.41, 5.74) is 1.23. The lowest BCUT2D eigenvalue weighted by Gasteiger charge is -2.55. The Morgan fingerprint density at radius 3 is 2.38 bits per heavy atom. The first-order chi connectivity index (χ1) is 14.0. The van der Waals surface area contributed by atoms with Gasteiger partial charge in [-0.3, -0.25) is 14.4 Å². The number of nitrogens with zero attached hydrogens (tertiary/aromatic N) is 1. The highest BCUT2D eigenvalue weighted by molar-refractivity contribution is 5.98. The van der Waals surface area contributed by atoms with Gasteiger partial charge in [-0.1, -0.05) is 6.07 Å². The molecule has 6 nitrogen and oxygen atoms in total. The van der Waals surface area contributed by atoms with Crippen LogP contribution in [0.3, 0.4) is 0 Å². The van der Waals surface area contributed by atoms with E-state index >= 15 is 0 Å². The van der Waals surface area contributed by atoms with E-state index in [-0.39, 0.29) is 29.7 Å². The zero-order valence-electron chi connectivity index (χ0n) is 16.8. The molecule has 4 aliphatic carbocycles. The maximum Gasteiger partial charge on any atom is 0.243 e. The Morgan fingerprint density at radius 1 is 1.07 bits per heavy atom. The highest BCUT2D eigenvalue weighted by atomic mass is 16.2. The van der Waals surface area contributed by atoms with Crippen molar-refractivity contribution in [1.29, 1.82) is 0 Å². The number of anilines is 2. The first-order valence-corrected chi connectivity index (χ1v) is 11.0. The van der Waals surface area contributed by atoms with Gasteiger partial charge in [0.2, 0.25) is 17.7 Å². The molecule has 3 amide bonds. The van der Waals surface area contributed by atoms with Crippen molar-refractivity contribution in [2.24, 2.45) is 23.2 Å². The number of carbonyl (C=O) groups is 3. The minimum absolute atomic E-state index is 0.00649. The van der Waals surface area contributed by atoms with E-state index < -0.39 is 0 Å². The molecular formula is C23H29N3O3. The third-order valence-corrected chi connectivity index (χ3v) is 7.44. The fraction of sp³-hybridized carbons (Fsp3) is 0.609. The van der Waals surface area contributed by atoms with E-state index in [2.05, 4.69) is 10.6 Å². The van der Waals surface area contributed by atoms with Crippen molar-refractivity contribution in [3.8, 4) is 0 Å². The van der Waals surface area contributed by atoms with Crippen molar-refractivity contribution in [2.75, 3.05) is 23.3 Å². The molecule has 6 heteroatoms. The molecular weight excluding hydrogens is 366 g/mol. The van der Waals surface area contributed by atoms with Crippen LogP contribution in [0.5, 0.6) is 0 Å². The molecule has 1 aliphatic heterocycles. The zero-order chi connectivity index (χ0) is 20.0. The van der Waals surface area contributed by atoms with Crippen LogP contribution in [0.15, 0.2) is 24.3 Å². The minimum Gasteiger partial charge on any atom is -0.347 e. The number of hydrogen-bond donors (Lipinski definition) is 2. The molecule has 0 unspecified atom stereocenters. The first-order valence-electron chi connectivity index (χ1n) is 11.0. The van der Waals surface area contributed by atoms with Gasteiger partial charge in [0, 0.05) is 29.8 Å². The normalized spacial score (nSPS) is 32.5. The minimum atomic E-state index is -0.231. The summed E-state index contributed by atoms with van der Waals surface area (Å²) in [6, 6.07) is 7.35. The second-order valence-corrected chi connectivity index (χ2v) is 9.63. The molecule has 2 N–H and O–H groups in total. The summed E-state index contributed by atoms with van der Waals surface area (Å²) in [5, 5.41) is 5.78. The van der Waals surface area contributed by atoms with Crippen LogP contribution in [0.1, 0.15) is 51.4 Å². The van der Waals surface area contributed by atoms with Gasteiger partial charge in [0.25, 0.3) is 0 Å². The largest absolute Gasteiger partial charge is 0.347 e. The second kappa shape index (κ2) is 7.15. The summed E-state index contributed by atoms with van der Waals surface area (Å²) in [6.07, 6.45) is 8.32. The van der Waals surface area contributed by atoms with Crippen LogP contribution < -0.4 is 15.5 Å². The first kappa shape index (κ1) is 18.6. The number of nitrogens with one attached hydrogen (secondary N) is 2. The van der Waals surface area contributed by atoms with Crippen LogP contribution in [0.2, 0.25) is 0 Å². The lowest BCUT2D eigenvalue weighted by atomic mass is 9.49. The summed E-state index contributed by atoms with van der Waals surface area (Å²) < 4.78 is 0. The molecule has 4 saturated carbocycles. The molecule has 1 saturated heterocycles. The van der Waals surface area contributed by atoms with E-state index in [4.69, 9.17) is 0 Å². The highest BCUT2D eigenvalue weighted by Crippen LogP contribution is 2.60.